The lowest BCUT2D eigenvalue weighted by molar-refractivity contribution is 0.0952. The van der Waals surface area contributed by atoms with E-state index in [0.29, 0.717) is 17.9 Å². The average Bonchev–Trinajstić information content (AvgIpc) is 2.52. The summed E-state index contributed by atoms with van der Waals surface area (Å²) in [7, 11) is 0. The predicted molar refractivity (Wildman–Crippen MR) is 52.0 cm³/mol. The van der Waals surface area contributed by atoms with Crippen LogP contribution in [-0.2, 0) is 0 Å². The largest absolute Gasteiger partial charge is 0.361 e. The Morgan fingerprint density at radius 1 is 1.77 bits per heavy atom. The van der Waals surface area contributed by atoms with Crippen molar-refractivity contribution in [1.29, 1.82) is 0 Å². The molecule has 0 unspecified atom stereocenters. The second kappa shape index (κ2) is 5.01. The molecule has 0 spiro atoms. The highest BCUT2D eigenvalue weighted by Gasteiger charge is 2.11. The van der Waals surface area contributed by atoms with Crippen LogP contribution in [0.2, 0.25) is 0 Å². The van der Waals surface area contributed by atoms with Gasteiger partial charge in [-0.3, -0.25) is 4.79 Å². The van der Waals surface area contributed by atoms with Gasteiger partial charge in [-0.15, -0.1) is 0 Å². The lowest BCUT2D eigenvalue weighted by atomic mass is 10.2. The Morgan fingerprint density at radius 3 is 3.08 bits per heavy atom. The van der Waals surface area contributed by atoms with Crippen molar-refractivity contribution in [3.63, 3.8) is 0 Å². The minimum atomic E-state index is -0.125. The van der Waals surface area contributed by atoms with Gasteiger partial charge in [0, 0.05) is 11.9 Å². The van der Waals surface area contributed by atoms with E-state index in [1.165, 1.54) is 6.20 Å². The number of hydrogen-bond acceptors (Lipinski definition) is 3. The van der Waals surface area contributed by atoms with Crippen LogP contribution in [0.3, 0.4) is 0 Å². The molecule has 0 aliphatic carbocycles. The fourth-order valence-corrected chi connectivity index (χ4v) is 1.16. The summed E-state index contributed by atoms with van der Waals surface area (Å²) in [4.78, 5) is 11.4. The summed E-state index contributed by atoms with van der Waals surface area (Å²) in [6.07, 6.45) is 2.34. The van der Waals surface area contributed by atoms with Crippen LogP contribution in [0.4, 0.5) is 0 Å². The molecule has 72 valence electrons. The van der Waals surface area contributed by atoms with Crippen LogP contribution in [-0.4, -0.2) is 22.9 Å². The number of carbonyl (C=O) groups excluding carboxylic acids is 1. The van der Waals surface area contributed by atoms with Gasteiger partial charge in [0.1, 0.15) is 11.3 Å². The number of hydrogen-bond donors (Lipinski definition) is 1. The Labute approximate surface area is 84.8 Å². The van der Waals surface area contributed by atoms with E-state index in [9.17, 15) is 4.79 Å². The molecule has 0 saturated heterocycles. The molecule has 13 heavy (non-hydrogen) atoms. The standard InChI is InChI=1S/C8H11BrN2O2/c1-6-7(5-11-13-6)8(12)10-4-2-3-9/h5H,2-4H2,1H3,(H,10,12). The van der Waals surface area contributed by atoms with Crippen molar-refractivity contribution < 1.29 is 9.32 Å². The summed E-state index contributed by atoms with van der Waals surface area (Å²) < 4.78 is 4.77. The van der Waals surface area contributed by atoms with Crippen molar-refractivity contribution in [2.75, 3.05) is 11.9 Å². The van der Waals surface area contributed by atoms with E-state index in [0.717, 1.165) is 11.8 Å². The maximum absolute atomic E-state index is 11.4. The first-order chi connectivity index (χ1) is 6.25. The van der Waals surface area contributed by atoms with E-state index in [1.807, 2.05) is 0 Å². The van der Waals surface area contributed by atoms with Crippen LogP contribution >= 0.6 is 15.9 Å². The van der Waals surface area contributed by atoms with Crippen molar-refractivity contribution in [1.82, 2.24) is 10.5 Å². The smallest absolute Gasteiger partial charge is 0.256 e. The molecular formula is C8H11BrN2O2. The molecule has 0 bridgehead atoms. The van der Waals surface area contributed by atoms with Gasteiger partial charge < -0.3 is 9.84 Å². The van der Waals surface area contributed by atoms with Crippen LogP contribution in [0.25, 0.3) is 0 Å². The molecule has 1 N–H and O–H groups in total. The Morgan fingerprint density at radius 2 is 2.54 bits per heavy atom. The fraction of sp³-hybridized carbons (Fsp3) is 0.500. The highest BCUT2D eigenvalue weighted by atomic mass is 79.9. The molecule has 1 heterocycles. The third-order valence-corrected chi connectivity index (χ3v) is 2.15. The van der Waals surface area contributed by atoms with Gasteiger partial charge in [0.25, 0.3) is 5.91 Å². The van der Waals surface area contributed by atoms with Gasteiger partial charge >= 0.3 is 0 Å². The molecule has 1 aromatic rings. The number of aryl methyl sites for hydroxylation is 1. The molecule has 0 aliphatic heterocycles. The van der Waals surface area contributed by atoms with Gasteiger partial charge in [-0.05, 0) is 13.3 Å². The second-order valence-electron chi connectivity index (χ2n) is 2.59. The number of amides is 1. The minimum Gasteiger partial charge on any atom is -0.361 e. The third-order valence-electron chi connectivity index (χ3n) is 1.59. The first-order valence-electron chi connectivity index (χ1n) is 4.01. The highest BCUT2D eigenvalue weighted by molar-refractivity contribution is 9.09. The zero-order chi connectivity index (χ0) is 9.68. The van der Waals surface area contributed by atoms with Crippen LogP contribution in [0.15, 0.2) is 10.7 Å². The normalized spacial score (nSPS) is 10.0. The molecule has 0 radical (unpaired) electrons. The van der Waals surface area contributed by atoms with Crippen molar-refractivity contribution >= 4 is 21.8 Å². The summed E-state index contributed by atoms with van der Waals surface area (Å²) >= 11 is 3.28. The molecule has 0 atom stereocenters. The monoisotopic (exact) mass is 246 g/mol. The maximum Gasteiger partial charge on any atom is 0.256 e. The molecule has 1 aromatic heterocycles. The van der Waals surface area contributed by atoms with Crippen LogP contribution in [0.5, 0.6) is 0 Å². The SMILES string of the molecule is Cc1oncc1C(=O)NCCCBr. The third kappa shape index (κ3) is 2.84. The van der Waals surface area contributed by atoms with Crippen LogP contribution in [0.1, 0.15) is 22.5 Å². The van der Waals surface area contributed by atoms with Crippen molar-refractivity contribution in [2.24, 2.45) is 0 Å². The van der Waals surface area contributed by atoms with E-state index >= 15 is 0 Å². The lowest BCUT2D eigenvalue weighted by Gasteiger charge is -2.00. The van der Waals surface area contributed by atoms with Gasteiger partial charge in [-0.25, -0.2) is 0 Å². The predicted octanol–water partition coefficient (Wildman–Crippen LogP) is 1.50. The first-order valence-corrected chi connectivity index (χ1v) is 5.13. The topological polar surface area (TPSA) is 55.1 Å². The maximum atomic E-state index is 11.4. The highest BCUT2D eigenvalue weighted by Crippen LogP contribution is 2.04. The number of alkyl halides is 1. The molecule has 0 fully saturated rings. The minimum absolute atomic E-state index is 0.125. The van der Waals surface area contributed by atoms with Gasteiger partial charge in [0.05, 0.1) is 6.20 Å². The van der Waals surface area contributed by atoms with Gasteiger partial charge in [-0.2, -0.15) is 0 Å². The molecule has 4 nitrogen and oxygen atoms in total. The van der Waals surface area contributed by atoms with Gasteiger partial charge in [0.2, 0.25) is 0 Å². The van der Waals surface area contributed by atoms with E-state index in [1.54, 1.807) is 6.92 Å². The number of nitrogens with one attached hydrogen (secondary N) is 1. The number of carbonyl (C=O) groups is 1. The summed E-state index contributed by atoms with van der Waals surface area (Å²) in [5.41, 5.74) is 0.509. The zero-order valence-electron chi connectivity index (χ0n) is 7.34. The number of aromatic nitrogens is 1. The second-order valence-corrected chi connectivity index (χ2v) is 3.39. The molecule has 1 rings (SSSR count). The Balaban J connectivity index is 2.45. The Kier molecular flexibility index (Phi) is 3.95. The number of rotatable bonds is 4. The molecular weight excluding hydrogens is 236 g/mol. The van der Waals surface area contributed by atoms with Crippen LogP contribution in [0, 0.1) is 6.92 Å². The Bertz CT molecular complexity index is 285. The summed E-state index contributed by atoms with van der Waals surface area (Å²) in [6, 6.07) is 0. The van der Waals surface area contributed by atoms with Crippen LogP contribution < -0.4 is 5.32 Å². The van der Waals surface area contributed by atoms with Gasteiger partial charge in [0.15, 0.2) is 0 Å². The summed E-state index contributed by atoms with van der Waals surface area (Å²) in [5, 5.41) is 7.17. The number of halogens is 1. The molecule has 0 aliphatic rings. The molecule has 5 heteroatoms. The first kappa shape index (κ1) is 10.2. The van der Waals surface area contributed by atoms with Crippen molar-refractivity contribution in [3.8, 4) is 0 Å². The van der Waals surface area contributed by atoms with E-state index in [2.05, 4.69) is 26.4 Å². The molecule has 0 saturated carbocycles. The van der Waals surface area contributed by atoms with Gasteiger partial charge in [-0.1, -0.05) is 21.1 Å². The summed E-state index contributed by atoms with van der Waals surface area (Å²) in [6.45, 7) is 2.38. The van der Waals surface area contributed by atoms with Crippen molar-refractivity contribution in [3.05, 3.63) is 17.5 Å². The van der Waals surface area contributed by atoms with E-state index in [4.69, 9.17) is 4.52 Å². The zero-order valence-corrected chi connectivity index (χ0v) is 8.93. The van der Waals surface area contributed by atoms with E-state index in [-0.39, 0.29) is 5.91 Å². The summed E-state index contributed by atoms with van der Waals surface area (Å²) in [5.74, 6) is 0.427. The fourth-order valence-electron chi connectivity index (χ4n) is 0.881. The average molecular weight is 247 g/mol. The molecule has 1 amide bonds. The number of nitrogens with zero attached hydrogens (tertiary/aromatic N) is 1. The van der Waals surface area contributed by atoms with E-state index < -0.39 is 0 Å². The van der Waals surface area contributed by atoms with Crippen molar-refractivity contribution in [2.45, 2.75) is 13.3 Å². The lowest BCUT2D eigenvalue weighted by Crippen LogP contribution is -2.24. The molecule has 0 aromatic carbocycles. The Hall–Kier alpha value is -0.840. The quantitative estimate of drug-likeness (QED) is 0.647.